The monoisotopic (exact) mass is 620 g/mol. The fourth-order valence-electron chi connectivity index (χ4n) is 3.91. The Labute approximate surface area is 230 Å². The lowest BCUT2D eigenvalue weighted by Crippen LogP contribution is -2.70. The van der Waals surface area contributed by atoms with Gasteiger partial charge in [-0.25, -0.2) is 4.79 Å². The Morgan fingerprint density at radius 3 is 2.75 bits per heavy atom. The van der Waals surface area contributed by atoms with Crippen LogP contribution in [0.25, 0.3) is 9.40 Å². The third kappa shape index (κ3) is 4.80. The van der Waals surface area contributed by atoms with Crippen molar-refractivity contribution in [2.75, 3.05) is 5.75 Å². The molecule has 1 unspecified atom stereocenters. The Kier molecular flexibility index (Phi) is 7.40. The van der Waals surface area contributed by atoms with Gasteiger partial charge < -0.3 is 10.4 Å². The Morgan fingerprint density at radius 2 is 2.00 bits per heavy atom. The summed E-state index contributed by atoms with van der Waals surface area (Å²) in [6.07, 6.45) is 1.82. The van der Waals surface area contributed by atoms with E-state index in [2.05, 4.69) is 21.2 Å². The summed E-state index contributed by atoms with van der Waals surface area (Å²) in [5.41, 5.74) is 1.19. The molecule has 3 aromatic rings. The lowest BCUT2D eigenvalue weighted by molar-refractivity contribution is -0.150. The van der Waals surface area contributed by atoms with Crippen LogP contribution in [0.5, 0.6) is 0 Å². The quantitative estimate of drug-likeness (QED) is 0.292. The van der Waals surface area contributed by atoms with Crippen LogP contribution in [-0.2, 0) is 20.8 Å². The number of carbonyl (C=O) groups is 3. The molecular formula is C24H17BrN2O5S4. The summed E-state index contributed by atoms with van der Waals surface area (Å²) in [4.78, 5) is 51.2. The molecule has 2 aromatic heterocycles. The Balaban J connectivity index is 1.30. The van der Waals surface area contributed by atoms with Crippen molar-refractivity contribution in [1.82, 2.24) is 10.2 Å². The third-order valence-corrected chi connectivity index (χ3v) is 11.4. The normalized spacial score (nSPS) is 19.5. The van der Waals surface area contributed by atoms with Gasteiger partial charge >= 0.3 is 5.97 Å². The minimum absolute atomic E-state index is 0.0670. The first-order chi connectivity index (χ1) is 17.3. The number of hydrogen-bond acceptors (Lipinski definition) is 8. The number of allylic oxidation sites excluding steroid dienone is 1. The zero-order chi connectivity index (χ0) is 25.4. The van der Waals surface area contributed by atoms with E-state index in [4.69, 9.17) is 0 Å². The number of hydrogen-bond donors (Lipinski definition) is 2. The molecular weight excluding hydrogens is 604 g/mol. The summed E-state index contributed by atoms with van der Waals surface area (Å²) in [5, 5.41) is 15.8. The van der Waals surface area contributed by atoms with Crippen molar-refractivity contribution >= 4 is 89.3 Å². The van der Waals surface area contributed by atoms with Crippen molar-refractivity contribution in [1.29, 1.82) is 0 Å². The molecule has 0 saturated carbocycles. The smallest absolute Gasteiger partial charge is 0.352 e. The number of thiophene rings is 1. The molecule has 7 nitrogen and oxygen atoms in total. The number of carbonyl (C=O) groups excluding carboxylic acids is 2. The maximum Gasteiger partial charge on any atom is 0.352 e. The van der Waals surface area contributed by atoms with Crippen LogP contribution < -0.4 is 10.7 Å². The van der Waals surface area contributed by atoms with Crippen LogP contribution in [-0.4, -0.2) is 45.0 Å². The maximum atomic E-state index is 12.9. The molecule has 1 aromatic carbocycles. The summed E-state index contributed by atoms with van der Waals surface area (Å²) in [7, 11) is 0. The minimum Gasteiger partial charge on any atom is -0.477 e. The molecule has 12 heteroatoms. The van der Waals surface area contributed by atoms with Gasteiger partial charge in [0, 0.05) is 5.75 Å². The number of carboxylic acid groups (broad SMARTS) is 1. The molecule has 36 heavy (non-hydrogen) atoms. The molecule has 2 aliphatic rings. The van der Waals surface area contributed by atoms with Crippen LogP contribution in [0.3, 0.4) is 0 Å². The molecule has 5 rings (SSSR count). The van der Waals surface area contributed by atoms with Crippen molar-refractivity contribution in [2.24, 2.45) is 0 Å². The number of β-lactam (4-membered cyclic amide) rings is 1. The Bertz CT molecular complexity index is 1500. The van der Waals surface area contributed by atoms with Crippen molar-refractivity contribution < 1.29 is 19.5 Å². The lowest BCUT2D eigenvalue weighted by atomic mass is 10.0. The maximum absolute atomic E-state index is 12.9. The van der Waals surface area contributed by atoms with E-state index in [0.717, 1.165) is 14.5 Å². The van der Waals surface area contributed by atoms with Crippen molar-refractivity contribution in [3.63, 3.8) is 0 Å². The van der Waals surface area contributed by atoms with Crippen molar-refractivity contribution in [2.45, 2.75) is 22.0 Å². The van der Waals surface area contributed by atoms with E-state index in [1.165, 1.54) is 51.1 Å². The number of aliphatic carboxylic acids is 1. The molecule has 1 saturated heterocycles. The minimum atomic E-state index is -1.20. The summed E-state index contributed by atoms with van der Waals surface area (Å²) in [5.74, 6) is -1.54. The van der Waals surface area contributed by atoms with Gasteiger partial charge in [0.1, 0.15) is 17.1 Å². The highest BCUT2D eigenvalue weighted by Gasteiger charge is 2.53. The number of fused-ring (bicyclic) bond motifs is 2. The van der Waals surface area contributed by atoms with Gasteiger partial charge in [-0.3, -0.25) is 19.3 Å². The Morgan fingerprint density at radius 1 is 1.22 bits per heavy atom. The standard InChI is InChI=1S/C24H17BrN2O5S4/c25-16-19(29)20-14(7-9-33-20)36-24(16)34-8-6-13-11-35-22-17(21(30)27(22)18(13)23(31)32)26-15(28)10-12-4-2-1-3-5-12/h1-9,17,22H,10-11H2,(H,26,28)(H,31,32)/t17?,22-/m0/s1. The first-order valence-electron chi connectivity index (χ1n) is 10.6. The summed E-state index contributed by atoms with van der Waals surface area (Å²) in [6.45, 7) is 0. The van der Waals surface area contributed by atoms with Gasteiger partial charge in [-0.2, -0.15) is 0 Å². The van der Waals surface area contributed by atoms with Crippen molar-refractivity contribution in [3.05, 3.63) is 84.8 Å². The molecule has 0 aliphatic carbocycles. The predicted molar refractivity (Wildman–Crippen MR) is 148 cm³/mol. The number of carboxylic acids is 1. The lowest BCUT2D eigenvalue weighted by Gasteiger charge is -2.49. The van der Waals surface area contributed by atoms with E-state index in [1.54, 1.807) is 11.5 Å². The first-order valence-corrected chi connectivity index (χ1v) is 15.0. The average Bonchev–Trinajstić information content (AvgIpc) is 3.34. The topological polar surface area (TPSA) is 104 Å². The number of benzene rings is 1. The largest absolute Gasteiger partial charge is 0.477 e. The highest BCUT2D eigenvalue weighted by molar-refractivity contribution is 9.10. The fraction of sp³-hybridized carbons (Fsp3) is 0.167. The molecule has 184 valence electrons. The van der Waals surface area contributed by atoms with Crippen LogP contribution in [0.4, 0.5) is 0 Å². The molecule has 2 atom stereocenters. The van der Waals surface area contributed by atoms with E-state index in [9.17, 15) is 24.3 Å². The van der Waals surface area contributed by atoms with Crippen LogP contribution in [0.15, 0.2) is 78.0 Å². The number of amides is 2. The summed E-state index contributed by atoms with van der Waals surface area (Å²) >= 11 is 8.99. The number of rotatable bonds is 7. The molecule has 4 heterocycles. The van der Waals surface area contributed by atoms with E-state index in [0.29, 0.717) is 20.5 Å². The fourth-order valence-corrected chi connectivity index (χ4v) is 9.06. The summed E-state index contributed by atoms with van der Waals surface area (Å²) in [6, 6.07) is 10.4. The third-order valence-electron chi connectivity index (χ3n) is 5.59. The predicted octanol–water partition coefficient (Wildman–Crippen LogP) is 4.67. The molecule has 1 fully saturated rings. The van der Waals surface area contributed by atoms with E-state index in [-0.39, 0.29) is 23.5 Å². The van der Waals surface area contributed by atoms with Gasteiger partial charge in [0.15, 0.2) is 0 Å². The van der Waals surface area contributed by atoms with Gasteiger partial charge in [0.25, 0.3) is 5.91 Å². The number of nitrogens with one attached hydrogen (secondary N) is 1. The van der Waals surface area contributed by atoms with Gasteiger partial charge in [-0.15, -0.1) is 34.4 Å². The van der Waals surface area contributed by atoms with Crippen molar-refractivity contribution in [3.8, 4) is 0 Å². The second-order valence-electron chi connectivity index (χ2n) is 7.86. The van der Waals surface area contributed by atoms with Gasteiger partial charge in [-0.05, 0) is 50.0 Å². The molecule has 2 amide bonds. The van der Waals surface area contributed by atoms with Gasteiger partial charge in [0.2, 0.25) is 11.3 Å². The zero-order valence-electron chi connectivity index (χ0n) is 18.3. The van der Waals surface area contributed by atoms with Gasteiger partial charge in [0.05, 0.1) is 24.5 Å². The van der Waals surface area contributed by atoms with Crippen LogP contribution >= 0.6 is 62.1 Å². The SMILES string of the molecule is O=C(Cc1ccccc1)NC1C(=O)N2C(C(=O)O)=C(C=CSc3sc4ccsc4c(=O)c3Br)CS[C@@H]12. The van der Waals surface area contributed by atoms with Crippen LogP contribution in [0.1, 0.15) is 5.56 Å². The zero-order valence-corrected chi connectivity index (χ0v) is 23.2. The number of nitrogens with zero attached hydrogens (tertiary/aromatic N) is 1. The number of thioether (sulfide) groups is 2. The van der Waals surface area contributed by atoms with E-state index in [1.807, 2.05) is 41.8 Å². The molecule has 0 bridgehead atoms. The molecule has 2 N–H and O–H groups in total. The van der Waals surface area contributed by atoms with E-state index >= 15 is 0 Å². The second kappa shape index (κ2) is 10.5. The molecule has 0 radical (unpaired) electrons. The molecule has 0 spiro atoms. The Hall–Kier alpha value is -2.38. The first kappa shape index (κ1) is 25.3. The second-order valence-corrected chi connectivity index (χ2v) is 12.9. The number of halogens is 1. The average molecular weight is 622 g/mol. The van der Waals surface area contributed by atoms with Gasteiger partial charge in [-0.1, -0.05) is 42.1 Å². The molecule has 2 aliphatic heterocycles. The highest BCUT2D eigenvalue weighted by atomic mass is 79.9. The van der Waals surface area contributed by atoms with Crippen LogP contribution in [0.2, 0.25) is 0 Å². The highest BCUT2D eigenvalue weighted by Crippen LogP contribution is 2.41. The summed E-state index contributed by atoms with van der Waals surface area (Å²) < 4.78 is 2.85. The van der Waals surface area contributed by atoms with Crippen LogP contribution in [0, 0.1) is 0 Å². The van der Waals surface area contributed by atoms with E-state index < -0.39 is 23.3 Å².